The quantitative estimate of drug-likeness (QED) is 0.372. The number of carbonyl (C=O) groups is 2. The molecule has 0 saturated carbocycles. The normalized spacial score (nSPS) is 12.3. The minimum atomic E-state index is -0.116. The minimum Gasteiger partial charge on any atom is -0.368 e. The number of aromatic nitrogens is 4. The molecule has 0 atom stereocenters. The summed E-state index contributed by atoms with van der Waals surface area (Å²) in [6.07, 6.45) is 2.55. The lowest BCUT2D eigenvalue weighted by atomic mass is 10.1. The molecule has 1 aliphatic heterocycles. The van der Waals surface area contributed by atoms with Crippen LogP contribution in [0.5, 0.6) is 0 Å². The molecule has 4 N–H and O–H groups in total. The van der Waals surface area contributed by atoms with Crippen LogP contribution in [0.1, 0.15) is 38.4 Å². The molecular weight excluding hydrogens is 474 g/mol. The summed E-state index contributed by atoms with van der Waals surface area (Å²) in [5.74, 6) is 6.21. The first kappa shape index (κ1) is 23.3. The molecule has 5 rings (SSSR count). The third-order valence-corrected chi connectivity index (χ3v) is 6.62. The van der Waals surface area contributed by atoms with Crippen LogP contribution in [-0.2, 0) is 24.7 Å². The van der Waals surface area contributed by atoms with E-state index in [9.17, 15) is 9.59 Å². The highest BCUT2D eigenvalue weighted by molar-refractivity contribution is 7.10. The number of nitrogens with one attached hydrogen (secondary N) is 2. The molecule has 3 aromatic heterocycles. The van der Waals surface area contributed by atoms with Crippen LogP contribution in [0.25, 0.3) is 11.4 Å². The second-order valence-corrected chi connectivity index (χ2v) is 9.26. The highest BCUT2D eigenvalue weighted by Crippen LogP contribution is 2.28. The number of nitrogens with zero attached hydrogens (tertiary/aromatic N) is 4. The van der Waals surface area contributed by atoms with Crippen LogP contribution in [0.15, 0.2) is 42.6 Å². The summed E-state index contributed by atoms with van der Waals surface area (Å²) < 4.78 is 6.14. The number of carbonyl (C=O) groups excluding carboxylic acids is 2. The van der Waals surface area contributed by atoms with E-state index in [0.29, 0.717) is 23.4 Å². The van der Waals surface area contributed by atoms with Crippen LogP contribution >= 0.6 is 11.5 Å². The van der Waals surface area contributed by atoms with Gasteiger partial charge >= 0.3 is 0 Å². The average molecular weight is 498 g/mol. The van der Waals surface area contributed by atoms with Gasteiger partial charge in [-0.3, -0.25) is 9.59 Å². The van der Waals surface area contributed by atoms with Gasteiger partial charge in [0.25, 0.3) is 5.91 Å². The molecule has 0 saturated heterocycles. The van der Waals surface area contributed by atoms with Crippen LogP contribution in [0.3, 0.4) is 0 Å². The second-order valence-electron chi connectivity index (χ2n) is 8.45. The Morgan fingerprint density at radius 2 is 2.14 bits per heavy atom. The van der Waals surface area contributed by atoms with E-state index in [1.165, 1.54) is 11.5 Å². The van der Waals surface area contributed by atoms with Crippen molar-refractivity contribution in [3.8, 4) is 23.2 Å². The molecule has 1 aromatic carbocycles. The minimum absolute atomic E-state index is 0.0981. The molecule has 4 aromatic rings. The summed E-state index contributed by atoms with van der Waals surface area (Å²) in [6, 6.07) is 11.2. The predicted octanol–water partition coefficient (Wildman–Crippen LogP) is 2.70. The fraction of sp³-hybridized carbons (Fsp3) is 0.192. The van der Waals surface area contributed by atoms with Crippen LogP contribution < -0.4 is 16.4 Å². The van der Waals surface area contributed by atoms with Gasteiger partial charge in [-0.1, -0.05) is 24.0 Å². The van der Waals surface area contributed by atoms with Gasteiger partial charge in [0.1, 0.15) is 10.7 Å². The van der Waals surface area contributed by atoms with Gasteiger partial charge < -0.3 is 20.9 Å². The van der Waals surface area contributed by atoms with Gasteiger partial charge in [-0.25, -0.2) is 9.97 Å². The van der Waals surface area contributed by atoms with E-state index in [0.717, 1.165) is 39.6 Å². The topological polar surface area (TPSA) is 128 Å². The van der Waals surface area contributed by atoms with Crippen molar-refractivity contribution in [2.75, 3.05) is 17.6 Å². The van der Waals surface area contributed by atoms with Crippen molar-refractivity contribution >= 4 is 34.3 Å². The lowest BCUT2D eigenvalue weighted by Crippen LogP contribution is -2.31. The second kappa shape index (κ2) is 9.64. The molecule has 9 nitrogen and oxygen atoms in total. The Labute approximate surface area is 212 Å². The maximum Gasteiger partial charge on any atom is 0.253 e. The Kier molecular flexibility index (Phi) is 6.23. The maximum absolute atomic E-state index is 12.4. The van der Waals surface area contributed by atoms with Crippen molar-refractivity contribution in [1.82, 2.24) is 24.2 Å². The van der Waals surface area contributed by atoms with Crippen LogP contribution in [0.2, 0.25) is 0 Å². The maximum atomic E-state index is 12.4. The molecule has 180 valence electrons. The van der Waals surface area contributed by atoms with E-state index >= 15 is 0 Å². The van der Waals surface area contributed by atoms with E-state index in [2.05, 4.69) is 36.8 Å². The third kappa shape index (κ3) is 4.82. The monoisotopic (exact) mass is 497 g/mol. The number of nitrogen functional groups attached to an aromatic ring is 1. The zero-order valence-corrected chi connectivity index (χ0v) is 20.6. The fourth-order valence-electron chi connectivity index (χ4n) is 4.13. The van der Waals surface area contributed by atoms with Crippen molar-refractivity contribution < 1.29 is 9.59 Å². The first-order valence-electron chi connectivity index (χ1n) is 11.3. The van der Waals surface area contributed by atoms with Gasteiger partial charge in [-0.05, 0) is 48.3 Å². The van der Waals surface area contributed by atoms with Gasteiger partial charge in [0.2, 0.25) is 11.9 Å². The molecule has 0 aliphatic carbocycles. The number of amides is 2. The average Bonchev–Trinajstić information content (AvgIpc) is 3.41. The number of aryl methyl sites for hydroxylation is 1. The zero-order valence-electron chi connectivity index (χ0n) is 19.8. The standard InChI is InChI=1S/C26H23N7O2S/c1-15-10-23(36-32-15)30-22(34)12-17-5-3-4-16(11-17)6-7-18-14-29-26(27)31-24(18)21-13-19-20(33(21)2)8-9-28-25(19)35/h3-5,10-11,13-14H,8-9,12H2,1-2H3,(H,28,35)(H,30,34)(H2,27,29,31). The molecule has 0 bridgehead atoms. The number of hydrogen-bond acceptors (Lipinski definition) is 7. The lowest BCUT2D eigenvalue weighted by molar-refractivity contribution is -0.115. The summed E-state index contributed by atoms with van der Waals surface area (Å²) in [7, 11) is 1.91. The number of anilines is 2. The molecular formula is C26H23N7O2S. The van der Waals surface area contributed by atoms with Crippen molar-refractivity contribution in [2.24, 2.45) is 7.05 Å². The van der Waals surface area contributed by atoms with Gasteiger partial charge in [0, 0.05) is 37.5 Å². The summed E-state index contributed by atoms with van der Waals surface area (Å²) in [5, 5.41) is 6.46. The SMILES string of the molecule is Cc1cc(NC(=O)Cc2cccc(C#Cc3cnc(N)nc3-c3cc4c(n3C)CCNC4=O)c2)sn1. The third-order valence-electron chi connectivity index (χ3n) is 5.82. The summed E-state index contributed by atoms with van der Waals surface area (Å²) in [6.45, 7) is 2.48. The van der Waals surface area contributed by atoms with Crippen LogP contribution in [0.4, 0.5) is 10.9 Å². The Morgan fingerprint density at radius 3 is 2.92 bits per heavy atom. The molecule has 36 heavy (non-hydrogen) atoms. The van der Waals surface area contributed by atoms with Crippen molar-refractivity contribution in [3.05, 3.63) is 76.2 Å². The number of benzene rings is 1. The fourth-order valence-corrected chi connectivity index (χ4v) is 4.81. The molecule has 4 heterocycles. The molecule has 0 fully saturated rings. The molecule has 0 radical (unpaired) electrons. The van der Waals surface area contributed by atoms with Gasteiger partial charge in [0.15, 0.2) is 0 Å². The van der Waals surface area contributed by atoms with Crippen molar-refractivity contribution in [2.45, 2.75) is 19.8 Å². The van der Waals surface area contributed by atoms with E-state index in [4.69, 9.17) is 5.73 Å². The predicted molar refractivity (Wildman–Crippen MR) is 138 cm³/mol. The Bertz CT molecular complexity index is 1560. The molecule has 0 spiro atoms. The van der Waals surface area contributed by atoms with Crippen LogP contribution in [-0.4, -0.2) is 37.3 Å². The van der Waals surface area contributed by atoms with Crippen molar-refractivity contribution in [1.29, 1.82) is 0 Å². The molecule has 1 aliphatic rings. The Hall–Kier alpha value is -4.49. The molecule has 2 amide bonds. The first-order chi connectivity index (χ1) is 17.4. The Morgan fingerprint density at radius 1 is 1.28 bits per heavy atom. The summed E-state index contributed by atoms with van der Waals surface area (Å²) in [4.78, 5) is 33.3. The largest absolute Gasteiger partial charge is 0.368 e. The highest BCUT2D eigenvalue weighted by atomic mass is 32.1. The van der Waals surface area contributed by atoms with E-state index < -0.39 is 0 Å². The number of rotatable bonds is 4. The molecule has 10 heteroatoms. The van der Waals surface area contributed by atoms with E-state index in [-0.39, 0.29) is 24.2 Å². The number of hydrogen-bond donors (Lipinski definition) is 3. The van der Waals surface area contributed by atoms with Crippen LogP contribution in [0, 0.1) is 18.8 Å². The van der Waals surface area contributed by atoms with E-state index in [1.807, 2.05) is 54.9 Å². The number of nitrogens with two attached hydrogens (primary N) is 1. The Balaban J connectivity index is 1.41. The van der Waals surface area contributed by atoms with Crippen molar-refractivity contribution in [3.63, 3.8) is 0 Å². The van der Waals surface area contributed by atoms with Gasteiger partial charge in [-0.2, -0.15) is 4.37 Å². The van der Waals surface area contributed by atoms with E-state index in [1.54, 1.807) is 6.20 Å². The highest BCUT2D eigenvalue weighted by Gasteiger charge is 2.24. The number of fused-ring (bicyclic) bond motifs is 1. The summed E-state index contributed by atoms with van der Waals surface area (Å²) >= 11 is 1.26. The molecule has 0 unspecified atom stereocenters. The lowest BCUT2D eigenvalue weighted by Gasteiger charge is -2.14. The first-order valence-corrected chi connectivity index (χ1v) is 12.1. The summed E-state index contributed by atoms with van der Waals surface area (Å²) in [5.41, 5.74) is 11.8. The zero-order chi connectivity index (χ0) is 25.2. The van der Waals surface area contributed by atoms with Gasteiger partial charge in [-0.15, -0.1) is 0 Å². The smallest absolute Gasteiger partial charge is 0.253 e. The van der Waals surface area contributed by atoms with Gasteiger partial charge in [0.05, 0.1) is 28.9 Å².